The first-order valence-electron chi connectivity index (χ1n) is 21.2. The van der Waals surface area contributed by atoms with Gasteiger partial charge in [0.25, 0.3) is 0 Å². The van der Waals surface area contributed by atoms with Gasteiger partial charge in [0.1, 0.15) is 48.0 Å². The van der Waals surface area contributed by atoms with E-state index in [0.29, 0.717) is 37.1 Å². The van der Waals surface area contributed by atoms with Crippen LogP contribution in [0.1, 0.15) is 77.2 Å². The van der Waals surface area contributed by atoms with Crippen molar-refractivity contribution in [3.63, 3.8) is 0 Å². The van der Waals surface area contributed by atoms with Crippen LogP contribution in [0.5, 0.6) is 5.75 Å². The Morgan fingerprint density at radius 2 is 1.38 bits per heavy atom. The fraction of sp³-hybridized carbons (Fsp3) is 0.634. The summed E-state index contributed by atoms with van der Waals surface area (Å²) in [7, 11) is 0. The molecule has 10 N–H and O–H groups in total. The number of carboxylic acid groups (broad SMARTS) is 2. The van der Waals surface area contributed by atoms with Crippen LogP contribution in [0.3, 0.4) is 0 Å². The van der Waals surface area contributed by atoms with Crippen molar-refractivity contribution in [1.82, 2.24) is 41.7 Å². The molecule has 1 aromatic rings. The van der Waals surface area contributed by atoms with Crippen molar-refractivity contribution in [3.8, 4) is 5.75 Å². The molecule has 3 saturated heterocycles. The number of carbonyl (C=O) groups is 9. The molecule has 348 valence electrons. The van der Waals surface area contributed by atoms with Crippen molar-refractivity contribution < 1.29 is 63.6 Å². The van der Waals surface area contributed by atoms with Crippen LogP contribution in [0.4, 0.5) is 0 Å². The number of aliphatic hydroxyl groups is 1. The molecule has 0 radical (unpaired) electrons. The zero-order chi connectivity index (χ0) is 46.4. The number of carbonyl (C=O) groups excluding carboxylic acids is 7. The van der Waals surface area contributed by atoms with Crippen molar-refractivity contribution in [2.45, 2.75) is 132 Å². The number of nitrogens with zero attached hydrogens (tertiary/aromatic N) is 2. The highest BCUT2D eigenvalue weighted by atomic mass is 32.2. The molecule has 0 aromatic heterocycles. The topological polar surface area (TPSA) is 313 Å². The lowest BCUT2D eigenvalue weighted by Gasteiger charge is -2.33. The Labute approximate surface area is 369 Å². The van der Waals surface area contributed by atoms with Crippen LogP contribution in [-0.2, 0) is 49.6 Å². The number of hydrogen-bond donors (Lipinski definition) is 10. The van der Waals surface area contributed by atoms with Crippen LogP contribution in [0.2, 0.25) is 0 Å². The van der Waals surface area contributed by atoms with Crippen LogP contribution in [0.15, 0.2) is 24.3 Å². The summed E-state index contributed by atoms with van der Waals surface area (Å²) in [6.45, 7) is 3.70. The van der Waals surface area contributed by atoms with E-state index in [9.17, 15) is 63.6 Å². The summed E-state index contributed by atoms with van der Waals surface area (Å²) >= 11 is 1.37. The summed E-state index contributed by atoms with van der Waals surface area (Å²) in [4.78, 5) is 121. The molecule has 4 rings (SSSR count). The van der Waals surface area contributed by atoms with E-state index >= 15 is 0 Å². The van der Waals surface area contributed by atoms with Crippen LogP contribution in [0, 0.1) is 0 Å². The van der Waals surface area contributed by atoms with Gasteiger partial charge < -0.3 is 62.1 Å². The lowest BCUT2D eigenvalue weighted by molar-refractivity contribution is -0.148. The van der Waals surface area contributed by atoms with E-state index in [1.165, 1.54) is 59.7 Å². The minimum atomic E-state index is -1.51. The maximum atomic E-state index is 14.1. The molecular formula is C41H60N8O13S. The van der Waals surface area contributed by atoms with Gasteiger partial charge in [0.2, 0.25) is 41.4 Å². The summed E-state index contributed by atoms with van der Waals surface area (Å²) in [6, 6.07) is -3.59. The van der Waals surface area contributed by atoms with Crippen LogP contribution in [-0.4, -0.2) is 170 Å². The Kier molecular flexibility index (Phi) is 19.0. The van der Waals surface area contributed by atoms with Gasteiger partial charge in [0.15, 0.2) is 0 Å². The van der Waals surface area contributed by atoms with Gasteiger partial charge in [-0.2, -0.15) is 11.8 Å². The smallest absolute Gasteiger partial charge is 0.326 e. The maximum Gasteiger partial charge on any atom is 0.326 e. The largest absolute Gasteiger partial charge is 0.508 e. The van der Waals surface area contributed by atoms with E-state index in [1.54, 1.807) is 6.26 Å². The fourth-order valence-electron chi connectivity index (χ4n) is 7.88. The molecule has 63 heavy (non-hydrogen) atoms. The SMILES string of the molecule is CSCC[C@H](NC(=O)[C@H](Cc1ccc(O)cc1)NC(=O)[C@H](CCC(=O)O)NC(=O)[C@@H]1CCCN1C(=O)[C@@H]1CCCN1C(=O)[C@H](C)NC(=O)[C@@H](NC(=O)[C@@H]1CCCN1)[C@@H](C)O)C(=O)O. The zero-order valence-corrected chi connectivity index (χ0v) is 36.5. The standard InChI is InChI=1S/C41H60N8O13S/c1-22(43-38(58)33(23(2)50)47-34(54)26-7-4-17-42-26)39(59)49-19-6-9-31(49)40(60)48-18-5-8-30(48)37(57)44-27(14-15-32(52)53)35(55)46-29(21-24-10-12-25(51)13-11-24)36(56)45-28(41(61)62)16-20-63-3/h10-13,22-23,26-31,33,42,50-51H,4-9,14-21H2,1-3H3,(H,43,58)(H,44,57)(H,45,56)(H,46,55)(H,47,54)(H,52,53)(H,61,62)/t22-,23+,26-,27-,28-,29-,30-,31-,33-/m0/s1. The maximum absolute atomic E-state index is 14.1. The number of aromatic hydroxyl groups is 1. The van der Waals surface area contributed by atoms with Gasteiger partial charge in [0.05, 0.1) is 12.1 Å². The molecule has 9 atom stereocenters. The highest BCUT2D eigenvalue weighted by Gasteiger charge is 2.44. The van der Waals surface area contributed by atoms with Gasteiger partial charge in [-0.15, -0.1) is 0 Å². The molecule has 0 unspecified atom stereocenters. The second-order valence-corrected chi connectivity index (χ2v) is 17.1. The molecule has 1 aromatic carbocycles. The van der Waals surface area contributed by atoms with E-state index in [4.69, 9.17) is 0 Å². The summed E-state index contributed by atoms with van der Waals surface area (Å²) in [5.41, 5.74) is 0.483. The Balaban J connectivity index is 1.45. The number of phenolic OH excluding ortho intramolecular Hbond substituents is 1. The molecule has 0 spiro atoms. The number of aliphatic hydroxyl groups excluding tert-OH is 1. The second-order valence-electron chi connectivity index (χ2n) is 16.1. The van der Waals surface area contributed by atoms with Gasteiger partial charge in [0, 0.05) is 25.9 Å². The highest BCUT2D eigenvalue weighted by molar-refractivity contribution is 7.98. The van der Waals surface area contributed by atoms with E-state index in [2.05, 4.69) is 31.9 Å². The van der Waals surface area contributed by atoms with Crippen molar-refractivity contribution in [1.29, 1.82) is 0 Å². The number of thioether (sulfide) groups is 1. The Morgan fingerprint density at radius 3 is 1.98 bits per heavy atom. The molecule has 22 heteroatoms. The molecule has 7 amide bonds. The summed E-state index contributed by atoms with van der Waals surface area (Å²) in [5, 5.41) is 55.0. The predicted molar refractivity (Wildman–Crippen MR) is 227 cm³/mol. The molecule has 0 aliphatic carbocycles. The summed E-state index contributed by atoms with van der Waals surface area (Å²) in [5.74, 6) is -7.16. The molecule has 3 aliphatic rings. The van der Waals surface area contributed by atoms with Crippen molar-refractivity contribution in [2.24, 2.45) is 0 Å². The van der Waals surface area contributed by atoms with E-state index in [0.717, 1.165) is 6.42 Å². The number of hydrogen-bond acceptors (Lipinski definition) is 13. The van der Waals surface area contributed by atoms with Crippen LogP contribution in [0.25, 0.3) is 0 Å². The molecule has 0 saturated carbocycles. The van der Waals surface area contributed by atoms with Crippen molar-refractivity contribution >= 4 is 65.1 Å². The molecular weight excluding hydrogens is 845 g/mol. The van der Waals surface area contributed by atoms with Crippen LogP contribution < -0.4 is 31.9 Å². The number of amides is 7. The van der Waals surface area contributed by atoms with Gasteiger partial charge in [-0.05, 0) is 101 Å². The summed E-state index contributed by atoms with van der Waals surface area (Å²) < 4.78 is 0. The first-order chi connectivity index (χ1) is 29.9. The van der Waals surface area contributed by atoms with E-state index in [-0.39, 0.29) is 44.5 Å². The van der Waals surface area contributed by atoms with Gasteiger partial charge in [-0.25, -0.2) is 4.79 Å². The minimum absolute atomic E-state index is 0.0598. The number of rotatable bonds is 22. The number of benzene rings is 1. The molecule has 3 aliphatic heterocycles. The van der Waals surface area contributed by atoms with Crippen molar-refractivity contribution in [2.75, 3.05) is 31.6 Å². The predicted octanol–water partition coefficient (Wildman–Crippen LogP) is -1.80. The van der Waals surface area contributed by atoms with Gasteiger partial charge >= 0.3 is 11.9 Å². The zero-order valence-electron chi connectivity index (χ0n) is 35.7. The minimum Gasteiger partial charge on any atom is -0.508 e. The molecule has 3 heterocycles. The summed E-state index contributed by atoms with van der Waals surface area (Å²) in [6.07, 6.45) is 2.05. The van der Waals surface area contributed by atoms with E-state index in [1.807, 2.05) is 0 Å². The number of aliphatic carboxylic acids is 2. The Morgan fingerprint density at radius 1 is 0.746 bits per heavy atom. The quantitative estimate of drug-likeness (QED) is 0.0614. The molecule has 0 bridgehead atoms. The third kappa shape index (κ3) is 14.3. The molecule has 3 fully saturated rings. The normalized spacial score (nSPS) is 21.2. The number of carboxylic acids is 2. The monoisotopic (exact) mass is 904 g/mol. The van der Waals surface area contributed by atoms with E-state index < -0.39 is 121 Å². The number of phenols is 1. The fourth-order valence-corrected chi connectivity index (χ4v) is 8.35. The number of nitrogens with one attached hydrogen (secondary N) is 6. The Hall–Kier alpha value is -5.48. The lowest BCUT2D eigenvalue weighted by atomic mass is 10.0. The lowest BCUT2D eigenvalue weighted by Crippen LogP contribution is -2.60. The third-order valence-corrected chi connectivity index (χ3v) is 12.0. The average Bonchev–Trinajstić information content (AvgIpc) is 4.06. The third-order valence-electron chi connectivity index (χ3n) is 11.3. The first kappa shape index (κ1) is 50.2. The average molecular weight is 905 g/mol. The molecule has 21 nitrogen and oxygen atoms in total. The number of likely N-dealkylation sites (tertiary alicyclic amines) is 2. The first-order valence-corrected chi connectivity index (χ1v) is 22.6. The van der Waals surface area contributed by atoms with Gasteiger partial charge in [-0.1, -0.05) is 12.1 Å². The van der Waals surface area contributed by atoms with Crippen molar-refractivity contribution in [3.05, 3.63) is 29.8 Å². The highest BCUT2D eigenvalue weighted by Crippen LogP contribution is 2.26. The Bertz CT molecular complexity index is 1830. The van der Waals surface area contributed by atoms with Gasteiger partial charge in [-0.3, -0.25) is 38.4 Å². The second kappa shape index (κ2) is 23.8. The van der Waals surface area contributed by atoms with Crippen LogP contribution >= 0.6 is 11.8 Å².